The van der Waals surface area contributed by atoms with Gasteiger partial charge in [-0.2, -0.15) is 0 Å². The lowest BCUT2D eigenvalue weighted by atomic mass is 10.1. The fourth-order valence-corrected chi connectivity index (χ4v) is 1.63. The molecule has 1 aromatic carbocycles. The maximum Gasteiger partial charge on any atom is 0.312 e. The first-order valence-corrected chi connectivity index (χ1v) is 5.19. The molecule has 5 heteroatoms. The standard InChI is InChI=1S/C11H10ClNO3/c12-8-3-1-7(2-4-8)9-6-16-10(13-9)5-11(14)15/h1-4,9H,5-6H2,(H,14,15). The molecule has 0 spiro atoms. The van der Waals surface area contributed by atoms with Gasteiger partial charge < -0.3 is 9.84 Å². The normalized spacial score (nSPS) is 19.1. The van der Waals surface area contributed by atoms with Crippen LogP contribution in [0.25, 0.3) is 0 Å². The van der Waals surface area contributed by atoms with Crippen molar-refractivity contribution < 1.29 is 14.6 Å². The predicted octanol–water partition coefficient (Wildman–Crippen LogP) is 2.28. The Balaban J connectivity index is 2.10. The van der Waals surface area contributed by atoms with E-state index in [9.17, 15) is 4.79 Å². The first kappa shape index (κ1) is 11.0. The Bertz CT molecular complexity index is 427. The maximum atomic E-state index is 10.5. The molecule has 16 heavy (non-hydrogen) atoms. The van der Waals surface area contributed by atoms with Gasteiger partial charge in [0.15, 0.2) is 5.90 Å². The molecule has 1 N–H and O–H groups in total. The van der Waals surface area contributed by atoms with Gasteiger partial charge in [0, 0.05) is 5.02 Å². The Morgan fingerprint density at radius 2 is 2.19 bits per heavy atom. The number of halogens is 1. The van der Waals surface area contributed by atoms with Gasteiger partial charge >= 0.3 is 5.97 Å². The molecule has 1 aliphatic heterocycles. The van der Waals surface area contributed by atoms with Crippen molar-refractivity contribution in [3.05, 3.63) is 34.9 Å². The van der Waals surface area contributed by atoms with Gasteiger partial charge in [-0.3, -0.25) is 4.79 Å². The van der Waals surface area contributed by atoms with Gasteiger partial charge in [-0.05, 0) is 17.7 Å². The number of hydrogen-bond donors (Lipinski definition) is 1. The summed E-state index contributed by atoms with van der Waals surface area (Å²) >= 11 is 5.77. The highest BCUT2D eigenvalue weighted by molar-refractivity contribution is 6.30. The SMILES string of the molecule is O=C(O)CC1=NC(c2ccc(Cl)cc2)CO1. The van der Waals surface area contributed by atoms with E-state index in [1.165, 1.54) is 0 Å². The number of ether oxygens (including phenoxy) is 1. The Labute approximate surface area is 97.5 Å². The van der Waals surface area contributed by atoms with Crippen molar-refractivity contribution in [1.82, 2.24) is 0 Å². The number of benzene rings is 1. The van der Waals surface area contributed by atoms with Gasteiger partial charge in [0.1, 0.15) is 19.1 Å². The van der Waals surface area contributed by atoms with E-state index >= 15 is 0 Å². The van der Waals surface area contributed by atoms with E-state index in [4.69, 9.17) is 21.4 Å². The van der Waals surface area contributed by atoms with Crippen molar-refractivity contribution in [3.8, 4) is 0 Å². The molecule has 0 radical (unpaired) electrons. The van der Waals surface area contributed by atoms with Gasteiger partial charge in [-0.25, -0.2) is 4.99 Å². The van der Waals surface area contributed by atoms with E-state index in [-0.39, 0.29) is 18.4 Å². The molecule has 0 amide bonds. The van der Waals surface area contributed by atoms with Crippen LogP contribution in [0.4, 0.5) is 0 Å². The zero-order chi connectivity index (χ0) is 11.5. The van der Waals surface area contributed by atoms with Gasteiger partial charge in [0.2, 0.25) is 0 Å². The van der Waals surface area contributed by atoms with E-state index in [1.54, 1.807) is 12.1 Å². The maximum absolute atomic E-state index is 10.5. The molecule has 1 unspecified atom stereocenters. The second-order valence-electron chi connectivity index (χ2n) is 3.47. The molecular formula is C11H10ClNO3. The summed E-state index contributed by atoms with van der Waals surface area (Å²) in [5.41, 5.74) is 0.977. The molecule has 84 valence electrons. The lowest BCUT2D eigenvalue weighted by Gasteiger charge is -2.04. The number of aliphatic carboxylic acids is 1. The zero-order valence-corrected chi connectivity index (χ0v) is 9.15. The van der Waals surface area contributed by atoms with Crippen LogP contribution >= 0.6 is 11.6 Å². The Morgan fingerprint density at radius 3 is 2.81 bits per heavy atom. The molecule has 1 heterocycles. The van der Waals surface area contributed by atoms with Crippen molar-refractivity contribution in [3.63, 3.8) is 0 Å². The molecule has 1 aliphatic rings. The summed E-state index contributed by atoms with van der Waals surface area (Å²) < 4.78 is 5.20. The molecule has 4 nitrogen and oxygen atoms in total. The van der Waals surface area contributed by atoms with Crippen molar-refractivity contribution in [1.29, 1.82) is 0 Å². The third-order valence-corrected chi connectivity index (χ3v) is 2.52. The second kappa shape index (κ2) is 4.53. The molecule has 0 fully saturated rings. The van der Waals surface area contributed by atoms with Gasteiger partial charge in [0.25, 0.3) is 0 Å². The number of rotatable bonds is 3. The fraction of sp³-hybridized carbons (Fsp3) is 0.273. The second-order valence-corrected chi connectivity index (χ2v) is 3.91. The quantitative estimate of drug-likeness (QED) is 0.880. The van der Waals surface area contributed by atoms with E-state index < -0.39 is 5.97 Å². The average molecular weight is 240 g/mol. The number of carboxylic acid groups (broad SMARTS) is 1. The number of carboxylic acids is 1. The average Bonchev–Trinajstić information content (AvgIpc) is 2.66. The van der Waals surface area contributed by atoms with Crippen LogP contribution in [0.5, 0.6) is 0 Å². The van der Waals surface area contributed by atoms with Crippen LogP contribution in [-0.2, 0) is 9.53 Å². The summed E-state index contributed by atoms with van der Waals surface area (Å²) in [5.74, 6) is -0.650. The fourth-order valence-electron chi connectivity index (χ4n) is 1.51. The molecular weight excluding hydrogens is 230 g/mol. The van der Waals surface area contributed by atoms with Gasteiger partial charge in [-0.1, -0.05) is 23.7 Å². The highest BCUT2D eigenvalue weighted by atomic mass is 35.5. The minimum atomic E-state index is -0.935. The summed E-state index contributed by atoms with van der Waals surface area (Å²) in [6.45, 7) is 0.393. The van der Waals surface area contributed by atoms with Gasteiger partial charge in [0.05, 0.1) is 0 Å². The topological polar surface area (TPSA) is 58.9 Å². The van der Waals surface area contributed by atoms with Crippen molar-refractivity contribution >= 4 is 23.5 Å². The highest BCUT2D eigenvalue weighted by Crippen LogP contribution is 2.24. The third kappa shape index (κ3) is 2.52. The Kier molecular flexibility index (Phi) is 3.10. The van der Waals surface area contributed by atoms with E-state index in [0.29, 0.717) is 11.6 Å². The predicted molar refractivity (Wildman–Crippen MR) is 59.8 cm³/mol. The van der Waals surface area contributed by atoms with E-state index in [2.05, 4.69) is 4.99 Å². The number of hydrogen-bond acceptors (Lipinski definition) is 3. The van der Waals surface area contributed by atoms with Crippen LogP contribution in [0.2, 0.25) is 5.02 Å². The summed E-state index contributed by atoms with van der Waals surface area (Å²) in [6.07, 6.45) is -0.163. The monoisotopic (exact) mass is 239 g/mol. The molecule has 1 atom stereocenters. The first-order chi connectivity index (χ1) is 7.65. The van der Waals surface area contributed by atoms with Crippen LogP contribution in [0.1, 0.15) is 18.0 Å². The molecule has 0 saturated heterocycles. The van der Waals surface area contributed by atoms with Crippen molar-refractivity contribution in [2.75, 3.05) is 6.61 Å². The van der Waals surface area contributed by atoms with Crippen LogP contribution in [-0.4, -0.2) is 23.6 Å². The van der Waals surface area contributed by atoms with Crippen molar-refractivity contribution in [2.24, 2.45) is 4.99 Å². The third-order valence-electron chi connectivity index (χ3n) is 2.26. The Hall–Kier alpha value is -1.55. The molecule has 0 bridgehead atoms. The van der Waals surface area contributed by atoms with Gasteiger partial charge in [-0.15, -0.1) is 0 Å². The molecule has 0 aromatic heterocycles. The lowest BCUT2D eigenvalue weighted by molar-refractivity contribution is -0.135. The minimum absolute atomic E-state index is 0.119. The number of nitrogens with zero attached hydrogens (tertiary/aromatic N) is 1. The summed E-state index contributed by atoms with van der Waals surface area (Å²) in [4.78, 5) is 14.7. The molecule has 0 aliphatic carbocycles. The first-order valence-electron chi connectivity index (χ1n) is 4.82. The molecule has 0 saturated carbocycles. The van der Waals surface area contributed by atoms with Crippen molar-refractivity contribution in [2.45, 2.75) is 12.5 Å². The van der Waals surface area contributed by atoms with Crippen LogP contribution in [0.3, 0.4) is 0 Å². The Morgan fingerprint density at radius 1 is 1.50 bits per heavy atom. The summed E-state index contributed by atoms with van der Waals surface area (Å²) in [7, 11) is 0. The number of aliphatic imine (C=N–C) groups is 1. The van der Waals surface area contributed by atoms with E-state index in [1.807, 2.05) is 12.1 Å². The smallest absolute Gasteiger partial charge is 0.312 e. The number of carbonyl (C=O) groups is 1. The van der Waals surface area contributed by atoms with E-state index in [0.717, 1.165) is 5.56 Å². The summed E-state index contributed by atoms with van der Waals surface area (Å²) in [6, 6.07) is 7.17. The van der Waals surface area contributed by atoms with Crippen LogP contribution in [0, 0.1) is 0 Å². The largest absolute Gasteiger partial charge is 0.481 e. The highest BCUT2D eigenvalue weighted by Gasteiger charge is 2.21. The zero-order valence-electron chi connectivity index (χ0n) is 8.39. The summed E-state index contributed by atoms with van der Waals surface area (Å²) in [5, 5.41) is 9.25. The molecule has 2 rings (SSSR count). The lowest BCUT2D eigenvalue weighted by Crippen LogP contribution is -2.06. The molecule has 1 aromatic rings. The van der Waals surface area contributed by atoms with Crippen LogP contribution in [0.15, 0.2) is 29.3 Å². The van der Waals surface area contributed by atoms with Crippen LogP contribution < -0.4 is 0 Å². The minimum Gasteiger partial charge on any atom is -0.481 e.